The Morgan fingerprint density at radius 1 is 1.21 bits per heavy atom. The van der Waals surface area contributed by atoms with E-state index in [0.717, 1.165) is 18.0 Å². The van der Waals surface area contributed by atoms with Crippen LogP contribution in [0.25, 0.3) is 16.7 Å². The molecule has 148 valence electrons. The lowest BCUT2D eigenvalue weighted by atomic mass is 10.2. The molecular formula is C21H20N4O3S. The van der Waals surface area contributed by atoms with Crippen LogP contribution in [0, 0.1) is 0 Å². The van der Waals surface area contributed by atoms with Crippen molar-refractivity contribution in [3.8, 4) is 11.4 Å². The number of carbonyl (C=O) groups excluding carboxylic acids is 1. The van der Waals surface area contributed by atoms with Crippen LogP contribution in [0.1, 0.15) is 12.1 Å². The number of aromatic nitrogens is 2. The molecule has 3 aromatic rings. The third-order valence-electron chi connectivity index (χ3n) is 4.58. The quantitative estimate of drug-likeness (QED) is 0.701. The van der Waals surface area contributed by atoms with E-state index in [9.17, 15) is 9.59 Å². The highest BCUT2D eigenvalue weighted by Gasteiger charge is 2.15. The SMILES string of the molecule is COc1ccc(-n2c(=O)c(CCC(=O)NC3=NCCS3)nc3ccccc32)cc1. The highest BCUT2D eigenvalue weighted by Crippen LogP contribution is 2.19. The second-order valence-electron chi connectivity index (χ2n) is 6.47. The molecule has 0 radical (unpaired) electrons. The van der Waals surface area contributed by atoms with Crippen LogP contribution in [0.4, 0.5) is 0 Å². The van der Waals surface area contributed by atoms with Gasteiger partial charge in [-0.3, -0.25) is 19.1 Å². The first-order valence-electron chi connectivity index (χ1n) is 9.28. The molecule has 1 aliphatic heterocycles. The number of fused-ring (bicyclic) bond motifs is 1. The molecule has 2 aromatic carbocycles. The van der Waals surface area contributed by atoms with Crippen molar-refractivity contribution in [1.29, 1.82) is 0 Å². The summed E-state index contributed by atoms with van der Waals surface area (Å²) in [4.78, 5) is 34.2. The number of benzene rings is 2. The molecule has 1 amide bonds. The molecule has 4 rings (SSSR count). The average Bonchev–Trinajstić information content (AvgIpc) is 3.25. The van der Waals surface area contributed by atoms with Crippen LogP contribution in [-0.4, -0.2) is 40.0 Å². The van der Waals surface area contributed by atoms with Gasteiger partial charge in [-0.1, -0.05) is 23.9 Å². The molecule has 0 saturated heterocycles. The number of carbonyl (C=O) groups is 1. The van der Waals surface area contributed by atoms with Crippen molar-refractivity contribution >= 4 is 33.9 Å². The summed E-state index contributed by atoms with van der Waals surface area (Å²) in [7, 11) is 1.60. The molecule has 1 aliphatic rings. The molecule has 8 heteroatoms. The molecule has 7 nitrogen and oxygen atoms in total. The lowest BCUT2D eigenvalue weighted by Gasteiger charge is -2.13. The topological polar surface area (TPSA) is 85.6 Å². The third-order valence-corrected chi connectivity index (χ3v) is 5.47. The molecule has 0 spiro atoms. The molecule has 1 aromatic heterocycles. The second-order valence-corrected chi connectivity index (χ2v) is 7.55. The maximum absolute atomic E-state index is 13.2. The largest absolute Gasteiger partial charge is 0.497 e. The van der Waals surface area contributed by atoms with Crippen molar-refractivity contribution in [1.82, 2.24) is 14.9 Å². The zero-order valence-electron chi connectivity index (χ0n) is 15.9. The maximum atomic E-state index is 13.2. The van der Waals surface area contributed by atoms with Crippen molar-refractivity contribution in [2.75, 3.05) is 19.4 Å². The van der Waals surface area contributed by atoms with Crippen LogP contribution in [-0.2, 0) is 11.2 Å². The Labute approximate surface area is 171 Å². The standard InChI is InChI=1S/C21H20N4O3S/c1-28-15-8-6-14(7-9-15)25-18-5-3-2-4-16(18)23-17(20(25)27)10-11-19(26)24-21-22-12-13-29-21/h2-9H,10-13H2,1H3,(H,22,24,26). The predicted molar refractivity (Wildman–Crippen MR) is 115 cm³/mol. The van der Waals surface area contributed by atoms with Gasteiger partial charge < -0.3 is 10.1 Å². The van der Waals surface area contributed by atoms with E-state index in [-0.39, 0.29) is 24.3 Å². The zero-order valence-corrected chi connectivity index (χ0v) is 16.7. The van der Waals surface area contributed by atoms with E-state index in [4.69, 9.17) is 4.74 Å². The lowest BCUT2D eigenvalue weighted by Crippen LogP contribution is -2.29. The minimum Gasteiger partial charge on any atom is -0.497 e. The number of amides is 1. The molecule has 1 N–H and O–H groups in total. The molecule has 0 saturated carbocycles. The van der Waals surface area contributed by atoms with Gasteiger partial charge in [0.15, 0.2) is 5.17 Å². The van der Waals surface area contributed by atoms with E-state index < -0.39 is 0 Å². The number of nitrogens with one attached hydrogen (secondary N) is 1. The summed E-state index contributed by atoms with van der Waals surface area (Å²) in [5.74, 6) is 1.43. The van der Waals surface area contributed by atoms with Gasteiger partial charge in [0, 0.05) is 24.3 Å². The van der Waals surface area contributed by atoms with E-state index >= 15 is 0 Å². The number of thioether (sulfide) groups is 1. The minimum atomic E-state index is -0.228. The number of methoxy groups -OCH3 is 1. The summed E-state index contributed by atoms with van der Waals surface area (Å²) < 4.78 is 6.84. The Morgan fingerprint density at radius 3 is 2.72 bits per heavy atom. The average molecular weight is 408 g/mol. The molecule has 0 fully saturated rings. The molecule has 2 heterocycles. The summed E-state index contributed by atoms with van der Waals surface area (Å²) in [6.07, 6.45) is 0.423. The van der Waals surface area contributed by atoms with E-state index in [1.807, 2.05) is 48.5 Å². The van der Waals surface area contributed by atoms with Gasteiger partial charge in [0.05, 0.1) is 24.7 Å². The first-order chi connectivity index (χ1) is 14.2. The van der Waals surface area contributed by atoms with Gasteiger partial charge in [0.2, 0.25) is 5.91 Å². The van der Waals surface area contributed by atoms with Crippen LogP contribution in [0.3, 0.4) is 0 Å². The van der Waals surface area contributed by atoms with Gasteiger partial charge in [-0.2, -0.15) is 0 Å². The summed E-state index contributed by atoms with van der Waals surface area (Å²) in [5.41, 5.74) is 2.27. The number of aliphatic imine (C=N–C) groups is 1. The zero-order chi connectivity index (χ0) is 20.2. The van der Waals surface area contributed by atoms with Crippen molar-refractivity contribution in [2.24, 2.45) is 4.99 Å². The van der Waals surface area contributed by atoms with Crippen molar-refractivity contribution in [2.45, 2.75) is 12.8 Å². The van der Waals surface area contributed by atoms with Gasteiger partial charge in [0.25, 0.3) is 5.56 Å². The van der Waals surface area contributed by atoms with E-state index in [1.54, 1.807) is 11.7 Å². The van der Waals surface area contributed by atoms with Crippen LogP contribution in [0.2, 0.25) is 0 Å². The molecule has 0 aliphatic carbocycles. The second kappa shape index (κ2) is 8.48. The Bertz CT molecular complexity index is 1140. The highest BCUT2D eigenvalue weighted by molar-refractivity contribution is 8.14. The highest BCUT2D eigenvalue weighted by atomic mass is 32.2. The number of aryl methyl sites for hydroxylation is 1. The van der Waals surface area contributed by atoms with Crippen LogP contribution in [0.5, 0.6) is 5.75 Å². The van der Waals surface area contributed by atoms with Crippen molar-refractivity contribution in [3.05, 3.63) is 64.6 Å². The summed E-state index contributed by atoms with van der Waals surface area (Å²) in [6.45, 7) is 0.721. The van der Waals surface area contributed by atoms with Crippen LogP contribution >= 0.6 is 11.8 Å². The van der Waals surface area contributed by atoms with Gasteiger partial charge in [-0.05, 0) is 36.4 Å². The van der Waals surface area contributed by atoms with E-state index in [0.29, 0.717) is 27.6 Å². The molecular weight excluding hydrogens is 388 g/mol. The minimum absolute atomic E-state index is 0.163. The fourth-order valence-electron chi connectivity index (χ4n) is 3.15. The first-order valence-corrected chi connectivity index (χ1v) is 10.3. The molecule has 29 heavy (non-hydrogen) atoms. The number of para-hydroxylation sites is 2. The number of amidine groups is 1. The number of rotatable bonds is 5. The van der Waals surface area contributed by atoms with Gasteiger partial charge in [-0.15, -0.1) is 0 Å². The van der Waals surface area contributed by atoms with E-state index in [2.05, 4.69) is 15.3 Å². The van der Waals surface area contributed by atoms with Gasteiger partial charge in [-0.25, -0.2) is 4.98 Å². The Kier molecular flexibility index (Phi) is 5.62. The lowest BCUT2D eigenvalue weighted by molar-refractivity contribution is -0.119. The van der Waals surface area contributed by atoms with Gasteiger partial charge >= 0.3 is 0 Å². The summed E-state index contributed by atoms with van der Waals surface area (Å²) in [6, 6.07) is 14.8. The Morgan fingerprint density at radius 2 is 2.00 bits per heavy atom. The first kappa shape index (κ1) is 19.2. The van der Waals surface area contributed by atoms with Crippen LogP contribution in [0.15, 0.2) is 58.3 Å². The van der Waals surface area contributed by atoms with Gasteiger partial charge in [0.1, 0.15) is 11.4 Å². The number of hydrogen-bond acceptors (Lipinski definition) is 6. The van der Waals surface area contributed by atoms with E-state index in [1.165, 1.54) is 11.8 Å². The monoisotopic (exact) mass is 408 g/mol. The fourth-order valence-corrected chi connectivity index (χ4v) is 3.90. The maximum Gasteiger partial charge on any atom is 0.277 e. The number of hydrogen-bond donors (Lipinski definition) is 1. The number of nitrogens with zero attached hydrogens (tertiary/aromatic N) is 3. The fraction of sp³-hybridized carbons (Fsp3) is 0.238. The molecule has 0 unspecified atom stereocenters. The number of ether oxygens (including phenoxy) is 1. The third kappa shape index (κ3) is 4.17. The van der Waals surface area contributed by atoms with Crippen molar-refractivity contribution < 1.29 is 9.53 Å². The molecule has 0 bridgehead atoms. The normalized spacial score (nSPS) is 13.3. The smallest absolute Gasteiger partial charge is 0.277 e. The predicted octanol–water partition coefficient (Wildman–Crippen LogP) is 2.55. The Hall–Kier alpha value is -3.13. The summed E-state index contributed by atoms with van der Waals surface area (Å²) >= 11 is 1.53. The Balaban J connectivity index is 1.66. The van der Waals surface area contributed by atoms with Crippen molar-refractivity contribution in [3.63, 3.8) is 0 Å². The molecule has 0 atom stereocenters. The summed E-state index contributed by atoms with van der Waals surface area (Å²) in [5, 5.41) is 3.44. The van der Waals surface area contributed by atoms with Crippen LogP contribution < -0.4 is 15.6 Å².